The zero-order valence-corrected chi connectivity index (χ0v) is 18.7. The largest absolute Gasteiger partial charge is 0.496 e. The van der Waals surface area contributed by atoms with E-state index in [-0.39, 0.29) is 16.4 Å². The first-order chi connectivity index (χ1) is 13.5. The summed E-state index contributed by atoms with van der Waals surface area (Å²) in [6, 6.07) is 10.4. The van der Waals surface area contributed by atoms with Gasteiger partial charge in [-0.2, -0.15) is 0 Å². The van der Waals surface area contributed by atoms with Crippen LogP contribution in [0, 0.1) is 20.8 Å². The van der Waals surface area contributed by atoms with Crippen molar-refractivity contribution in [2.75, 3.05) is 18.6 Å². The molecule has 0 saturated carbocycles. The number of aryl methyl sites for hydroxylation is 3. The number of hydrogen-bond donors (Lipinski definition) is 1. The molecule has 0 unspecified atom stereocenters. The number of nitrogens with one attached hydrogen (secondary N) is 1. The van der Waals surface area contributed by atoms with Crippen LogP contribution in [-0.2, 0) is 26.2 Å². The van der Waals surface area contributed by atoms with Crippen molar-refractivity contribution in [1.82, 2.24) is 5.32 Å². The number of rotatable bonds is 6. The molecule has 0 aliphatic carbocycles. The van der Waals surface area contributed by atoms with Gasteiger partial charge < -0.3 is 10.1 Å². The molecule has 8 heteroatoms. The lowest BCUT2D eigenvalue weighted by Gasteiger charge is -2.22. The Morgan fingerprint density at radius 1 is 1.07 bits per heavy atom. The number of ether oxygens (including phenoxy) is 1. The molecule has 1 saturated heterocycles. The van der Waals surface area contributed by atoms with Crippen LogP contribution in [0.15, 0.2) is 41.3 Å². The maximum absolute atomic E-state index is 13.4. The van der Waals surface area contributed by atoms with Gasteiger partial charge in [-0.1, -0.05) is 29.8 Å². The molecule has 3 rings (SSSR count). The summed E-state index contributed by atoms with van der Waals surface area (Å²) < 4.78 is 56.8. The van der Waals surface area contributed by atoms with Crippen molar-refractivity contribution in [3.63, 3.8) is 0 Å². The van der Waals surface area contributed by atoms with Gasteiger partial charge in [-0.3, -0.25) is 0 Å². The minimum atomic E-state index is -3.85. The quantitative estimate of drug-likeness (QED) is 0.746. The molecule has 29 heavy (non-hydrogen) atoms. The lowest BCUT2D eigenvalue weighted by Crippen LogP contribution is -2.43. The molecule has 1 heterocycles. The molecule has 6 nitrogen and oxygen atoms in total. The highest BCUT2D eigenvalue weighted by atomic mass is 32.2. The molecular weight excluding hydrogens is 410 g/mol. The van der Waals surface area contributed by atoms with Crippen molar-refractivity contribution in [2.24, 2.45) is 0 Å². The third-order valence-electron chi connectivity index (χ3n) is 5.35. The molecule has 2 aromatic carbocycles. The van der Waals surface area contributed by atoms with Crippen LogP contribution in [0.25, 0.3) is 0 Å². The van der Waals surface area contributed by atoms with Crippen molar-refractivity contribution >= 4 is 19.7 Å². The summed E-state index contributed by atoms with van der Waals surface area (Å²) in [5, 5.41) is 2.16. The Bertz CT molecular complexity index is 1120. The number of hydrogen-bond acceptors (Lipinski definition) is 6. The molecule has 1 aliphatic heterocycles. The van der Waals surface area contributed by atoms with Crippen LogP contribution in [0.2, 0.25) is 0 Å². The van der Waals surface area contributed by atoms with E-state index in [0.29, 0.717) is 23.4 Å². The first kappa shape index (κ1) is 21.8. The van der Waals surface area contributed by atoms with E-state index in [1.807, 2.05) is 31.2 Å². The third kappa shape index (κ3) is 4.65. The van der Waals surface area contributed by atoms with E-state index in [2.05, 4.69) is 5.32 Å². The lowest BCUT2D eigenvalue weighted by molar-refractivity contribution is 0.411. The highest BCUT2D eigenvalue weighted by molar-refractivity contribution is 7.96. The van der Waals surface area contributed by atoms with E-state index in [0.717, 1.165) is 11.1 Å². The maximum atomic E-state index is 13.4. The Kier molecular flexibility index (Phi) is 6.08. The van der Waals surface area contributed by atoms with Gasteiger partial charge in [0.2, 0.25) is 0 Å². The van der Waals surface area contributed by atoms with Crippen molar-refractivity contribution in [3.05, 3.63) is 58.7 Å². The van der Waals surface area contributed by atoms with Crippen molar-refractivity contribution < 1.29 is 21.6 Å². The highest BCUT2D eigenvalue weighted by Gasteiger charge is 2.46. The zero-order chi connectivity index (χ0) is 21.4. The Morgan fingerprint density at radius 2 is 1.79 bits per heavy atom. The average Bonchev–Trinajstić information content (AvgIpc) is 2.97. The van der Waals surface area contributed by atoms with Crippen LogP contribution in [0.5, 0.6) is 5.75 Å². The summed E-state index contributed by atoms with van der Waals surface area (Å²) >= 11 is 0. The Labute approximate surface area is 173 Å². The van der Waals surface area contributed by atoms with E-state index in [4.69, 9.17) is 4.74 Å². The Hall–Kier alpha value is -1.90. The molecule has 0 amide bonds. The van der Waals surface area contributed by atoms with Gasteiger partial charge in [0.1, 0.15) is 5.75 Å². The fourth-order valence-corrected chi connectivity index (χ4v) is 8.86. The fraction of sp³-hybridized carbons (Fsp3) is 0.429. The molecule has 158 valence electrons. The van der Waals surface area contributed by atoms with Crippen LogP contribution in [-0.4, -0.2) is 46.7 Å². The molecule has 1 aliphatic rings. The lowest BCUT2D eigenvalue weighted by atomic mass is 10.1. The smallest absolute Gasteiger partial charge is 0.184 e. The van der Waals surface area contributed by atoms with Crippen molar-refractivity contribution in [2.45, 2.75) is 43.5 Å². The van der Waals surface area contributed by atoms with Gasteiger partial charge in [0.05, 0.1) is 28.8 Å². The van der Waals surface area contributed by atoms with Gasteiger partial charge in [-0.25, -0.2) is 16.8 Å². The van der Waals surface area contributed by atoms with Gasteiger partial charge >= 0.3 is 0 Å². The Balaban J connectivity index is 1.92. The fourth-order valence-electron chi connectivity index (χ4n) is 3.84. The number of methoxy groups -OCH3 is 1. The monoisotopic (exact) mass is 437 g/mol. The van der Waals surface area contributed by atoms with Crippen LogP contribution in [0.1, 0.15) is 22.3 Å². The summed E-state index contributed by atoms with van der Waals surface area (Å²) in [7, 11) is -5.76. The van der Waals surface area contributed by atoms with E-state index < -0.39 is 31.0 Å². The second-order valence-corrected chi connectivity index (χ2v) is 12.0. The maximum Gasteiger partial charge on any atom is 0.184 e. The second kappa shape index (κ2) is 8.08. The normalized spacial score (nSPS) is 21.2. The van der Waals surface area contributed by atoms with Crippen molar-refractivity contribution in [1.29, 1.82) is 0 Å². The van der Waals surface area contributed by atoms with E-state index >= 15 is 0 Å². The SMILES string of the molecule is COc1cc(C)c(S(=O)(=O)[C@H]2CS(=O)(=O)C[C@@H]2NCc2cccc(C)c2)cc1C. The predicted molar refractivity (Wildman–Crippen MR) is 114 cm³/mol. The summed E-state index contributed by atoms with van der Waals surface area (Å²) in [5.41, 5.74) is 3.33. The first-order valence-electron chi connectivity index (χ1n) is 9.42. The van der Waals surface area contributed by atoms with E-state index in [9.17, 15) is 16.8 Å². The van der Waals surface area contributed by atoms with E-state index in [1.54, 1.807) is 26.0 Å². The van der Waals surface area contributed by atoms with Gasteiger partial charge in [0.15, 0.2) is 19.7 Å². The summed E-state index contributed by atoms with van der Waals surface area (Å²) in [5.74, 6) is 0.0528. The van der Waals surface area contributed by atoms with Gasteiger partial charge in [-0.05, 0) is 49.6 Å². The zero-order valence-electron chi connectivity index (χ0n) is 17.1. The molecule has 0 radical (unpaired) electrons. The first-order valence-corrected chi connectivity index (χ1v) is 12.8. The summed E-state index contributed by atoms with van der Waals surface area (Å²) in [4.78, 5) is 0.167. The molecular formula is C21H27NO5S2. The number of benzene rings is 2. The standard InChI is InChI=1S/C21H27NO5S2/c1-14-6-5-7-17(8-14)11-22-18-12-28(23,24)13-21(18)29(25,26)20-10-15(2)19(27-4)9-16(20)3/h5-10,18,21-22H,11-13H2,1-4H3/t18-,21-/m0/s1. The van der Waals surface area contributed by atoms with Gasteiger partial charge in [0.25, 0.3) is 0 Å². The third-order valence-corrected chi connectivity index (χ3v) is 9.64. The molecule has 0 bridgehead atoms. The topological polar surface area (TPSA) is 89.5 Å². The molecule has 1 N–H and O–H groups in total. The highest BCUT2D eigenvalue weighted by Crippen LogP contribution is 2.31. The second-order valence-electron chi connectivity index (χ2n) is 7.72. The van der Waals surface area contributed by atoms with Crippen LogP contribution < -0.4 is 10.1 Å². The average molecular weight is 438 g/mol. The van der Waals surface area contributed by atoms with Crippen molar-refractivity contribution in [3.8, 4) is 5.75 Å². The Morgan fingerprint density at radius 3 is 2.45 bits per heavy atom. The van der Waals surface area contributed by atoms with Crippen LogP contribution >= 0.6 is 0 Å². The minimum absolute atomic E-state index is 0.167. The predicted octanol–water partition coefficient (Wildman–Crippen LogP) is 2.35. The molecule has 1 fully saturated rings. The van der Waals surface area contributed by atoms with Gasteiger partial charge in [0, 0.05) is 12.6 Å². The van der Waals surface area contributed by atoms with Crippen LogP contribution in [0.4, 0.5) is 0 Å². The summed E-state index contributed by atoms with van der Waals surface area (Å²) in [6.07, 6.45) is 0. The molecule has 0 spiro atoms. The minimum Gasteiger partial charge on any atom is -0.496 e. The summed E-state index contributed by atoms with van der Waals surface area (Å²) in [6.45, 7) is 5.86. The van der Waals surface area contributed by atoms with Gasteiger partial charge in [-0.15, -0.1) is 0 Å². The molecule has 2 aromatic rings. The van der Waals surface area contributed by atoms with Crippen LogP contribution in [0.3, 0.4) is 0 Å². The molecule has 2 atom stereocenters. The number of sulfone groups is 2. The molecule has 0 aromatic heterocycles. The van der Waals surface area contributed by atoms with E-state index in [1.165, 1.54) is 7.11 Å².